The highest BCUT2D eigenvalue weighted by molar-refractivity contribution is 6.33. The number of halogens is 1. The van der Waals surface area contributed by atoms with Crippen LogP contribution in [0.5, 0.6) is 0 Å². The summed E-state index contributed by atoms with van der Waals surface area (Å²) >= 11 is 6.14. The van der Waals surface area contributed by atoms with Crippen molar-refractivity contribution in [2.24, 2.45) is 0 Å². The lowest BCUT2D eigenvalue weighted by Gasteiger charge is -2.19. The number of rotatable bonds is 6. The molecule has 0 aromatic heterocycles. The molecule has 0 saturated heterocycles. The van der Waals surface area contributed by atoms with E-state index in [-0.39, 0.29) is 12.0 Å². The van der Waals surface area contributed by atoms with Crippen LogP contribution in [0.1, 0.15) is 31.7 Å². The van der Waals surface area contributed by atoms with Crippen molar-refractivity contribution in [1.82, 2.24) is 0 Å². The Hall–Kier alpha value is -1.22. The zero-order chi connectivity index (χ0) is 13.5. The van der Waals surface area contributed by atoms with Crippen molar-refractivity contribution < 1.29 is 9.53 Å². The maximum Gasteiger partial charge on any atom is 0.328 e. The minimum Gasteiger partial charge on any atom is -0.467 e. The molecule has 0 radical (unpaired) electrons. The average molecular weight is 270 g/mol. The number of hydrogen-bond donors (Lipinski definition) is 1. The molecule has 0 aliphatic carbocycles. The van der Waals surface area contributed by atoms with Crippen LogP contribution in [-0.2, 0) is 9.53 Å². The zero-order valence-electron chi connectivity index (χ0n) is 11.1. The van der Waals surface area contributed by atoms with Crippen LogP contribution < -0.4 is 5.32 Å². The van der Waals surface area contributed by atoms with E-state index in [4.69, 9.17) is 16.3 Å². The van der Waals surface area contributed by atoms with Gasteiger partial charge >= 0.3 is 5.97 Å². The molecule has 18 heavy (non-hydrogen) atoms. The highest BCUT2D eigenvalue weighted by atomic mass is 35.5. The SMILES string of the molecule is CCCCC(Nc1c(C)cccc1Cl)C(=O)OC. The minimum absolute atomic E-state index is 0.247. The number of ether oxygens (including phenoxy) is 1. The molecule has 0 spiro atoms. The van der Waals surface area contributed by atoms with Crippen LogP contribution >= 0.6 is 11.6 Å². The van der Waals surface area contributed by atoms with Crippen molar-refractivity contribution in [2.75, 3.05) is 12.4 Å². The number of carbonyl (C=O) groups excluding carboxylic acids is 1. The molecule has 0 fully saturated rings. The fourth-order valence-corrected chi connectivity index (χ4v) is 2.06. The fraction of sp³-hybridized carbons (Fsp3) is 0.500. The summed E-state index contributed by atoms with van der Waals surface area (Å²) in [5.74, 6) is -0.247. The monoisotopic (exact) mass is 269 g/mol. The summed E-state index contributed by atoms with van der Waals surface area (Å²) in [6.07, 6.45) is 2.75. The van der Waals surface area contributed by atoms with Crippen LogP contribution in [-0.4, -0.2) is 19.1 Å². The van der Waals surface area contributed by atoms with Crippen LogP contribution in [0.2, 0.25) is 5.02 Å². The van der Waals surface area contributed by atoms with Crippen LogP contribution in [0.15, 0.2) is 18.2 Å². The predicted molar refractivity (Wildman–Crippen MR) is 75.1 cm³/mol. The molecular formula is C14H20ClNO2. The maximum atomic E-state index is 11.7. The summed E-state index contributed by atoms with van der Waals surface area (Å²) in [5.41, 5.74) is 1.83. The van der Waals surface area contributed by atoms with E-state index in [9.17, 15) is 4.79 Å². The number of benzene rings is 1. The summed E-state index contributed by atoms with van der Waals surface area (Å²) in [7, 11) is 1.41. The summed E-state index contributed by atoms with van der Waals surface area (Å²) in [6, 6.07) is 5.32. The van der Waals surface area contributed by atoms with Crippen molar-refractivity contribution >= 4 is 23.3 Å². The van der Waals surface area contributed by atoms with Gasteiger partial charge in [0, 0.05) is 0 Å². The number of aryl methyl sites for hydroxylation is 1. The van der Waals surface area contributed by atoms with Crippen LogP contribution in [0, 0.1) is 6.92 Å². The van der Waals surface area contributed by atoms with Gasteiger partial charge in [0.05, 0.1) is 17.8 Å². The second-order valence-corrected chi connectivity index (χ2v) is 4.70. The number of carbonyl (C=O) groups is 1. The van der Waals surface area contributed by atoms with E-state index in [1.807, 2.05) is 25.1 Å². The van der Waals surface area contributed by atoms with E-state index in [1.54, 1.807) is 0 Å². The third-order valence-electron chi connectivity index (χ3n) is 2.87. The fourth-order valence-electron chi connectivity index (χ4n) is 1.79. The first-order chi connectivity index (χ1) is 8.60. The van der Waals surface area contributed by atoms with Gasteiger partial charge in [-0.2, -0.15) is 0 Å². The van der Waals surface area contributed by atoms with Crippen LogP contribution in [0.3, 0.4) is 0 Å². The Morgan fingerprint density at radius 2 is 2.22 bits per heavy atom. The Kier molecular flexibility index (Phi) is 5.99. The lowest BCUT2D eigenvalue weighted by Crippen LogP contribution is -2.31. The average Bonchev–Trinajstić information content (AvgIpc) is 2.36. The number of para-hydroxylation sites is 1. The molecule has 3 nitrogen and oxygen atoms in total. The van der Waals surface area contributed by atoms with Crippen molar-refractivity contribution in [3.63, 3.8) is 0 Å². The third-order valence-corrected chi connectivity index (χ3v) is 3.19. The quantitative estimate of drug-likeness (QED) is 0.799. The minimum atomic E-state index is -0.339. The molecule has 0 amide bonds. The number of anilines is 1. The van der Waals surface area contributed by atoms with E-state index < -0.39 is 0 Å². The molecule has 0 aliphatic rings. The highest BCUT2D eigenvalue weighted by Gasteiger charge is 2.19. The predicted octanol–water partition coefficient (Wildman–Crippen LogP) is 3.79. The van der Waals surface area contributed by atoms with E-state index in [0.717, 1.165) is 30.5 Å². The molecule has 1 aromatic rings. The molecular weight excluding hydrogens is 250 g/mol. The summed E-state index contributed by atoms with van der Waals surface area (Å²) < 4.78 is 4.82. The van der Waals surface area contributed by atoms with Gasteiger partial charge in [-0.1, -0.05) is 43.5 Å². The molecule has 1 N–H and O–H groups in total. The van der Waals surface area contributed by atoms with E-state index in [0.29, 0.717) is 5.02 Å². The molecule has 0 aliphatic heterocycles. The smallest absolute Gasteiger partial charge is 0.328 e. The number of nitrogens with one attached hydrogen (secondary N) is 1. The number of unbranched alkanes of at least 4 members (excludes halogenated alkanes) is 1. The molecule has 0 heterocycles. The third kappa shape index (κ3) is 3.91. The molecule has 100 valence electrons. The topological polar surface area (TPSA) is 38.3 Å². The standard InChI is InChI=1S/C14H20ClNO2/c1-4-5-9-12(14(17)18-3)16-13-10(2)7-6-8-11(13)15/h6-8,12,16H,4-5,9H2,1-3H3. The Bertz CT molecular complexity index is 387. The maximum absolute atomic E-state index is 11.7. The van der Waals surface area contributed by atoms with Crippen molar-refractivity contribution in [1.29, 1.82) is 0 Å². The second kappa shape index (κ2) is 7.27. The number of hydrogen-bond acceptors (Lipinski definition) is 3. The van der Waals surface area contributed by atoms with E-state index >= 15 is 0 Å². The first-order valence-electron chi connectivity index (χ1n) is 6.19. The van der Waals surface area contributed by atoms with Gasteiger partial charge in [-0.25, -0.2) is 4.79 Å². The summed E-state index contributed by atoms with van der Waals surface area (Å²) in [6.45, 7) is 4.05. The Morgan fingerprint density at radius 1 is 1.50 bits per heavy atom. The molecule has 1 unspecified atom stereocenters. The number of esters is 1. The van der Waals surface area contributed by atoms with Crippen LogP contribution in [0.25, 0.3) is 0 Å². The second-order valence-electron chi connectivity index (χ2n) is 4.29. The van der Waals surface area contributed by atoms with Crippen molar-refractivity contribution in [3.8, 4) is 0 Å². The lowest BCUT2D eigenvalue weighted by molar-refractivity contribution is -0.141. The molecule has 1 rings (SSSR count). The van der Waals surface area contributed by atoms with Gasteiger partial charge in [-0.05, 0) is 25.0 Å². The van der Waals surface area contributed by atoms with Crippen molar-refractivity contribution in [2.45, 2.75) is 39.2 Å². The van der Waals surface area contributed by atoms with Crippen LogP contribution in [0.4, 0.5) is 5.69 Å². The van der Waals surface area contributed by atoms with Gasteiger partial charge in [-0.3, -0.25) is 0 Å². The summed E-state index contributed by atoms with van der Waals surface area (Å²) in [5, 5.41) is 3.82. The molecule has 0 bridgehead atoms. The van der Waals surface area contributed by atoms with E-state index in [1.165, 1.54) is 7.11 Å². The van der Waals surface area contributed by atoms with Crippen molar-refractivity contribution in [3.05, 3.63) is 28.8 Å². The van der Waals surface area contributed by atoms with Gasteiger partial charge in [0.25, 0.3) is 0 Å². The van der Waals surface area contributed by atoms with Gasteiger partial charge < -0.3 is 10.1 Å². The largest absolute Gasteiger partial charge is 0.467 e. The Labute approximate surface area is 113 Å². The molecule has 4 heteroatoms. The molecule has 0 saturated carbocycles. The van der Waals surface area contributed by atoms with E-state index in [2.05, 4.69) is 12.2 Å². The lowest BCUT2D eigenvalue weighted by atomic mass is 10.1. The molecule has 1 aromatic carbocycles. The molecule has 1 atom stereocenters. The van der Waals surface area contributed by atoms with Gasteiger partial charge in [0.2, 0.25) is 0 Å². The first-order valence-corrected chi connectivity index (χ1v) is 6.57. The van der Waals surface area contributed by atoms with Gasteiger partial charge in [0.15, 0.2) is 0 Å². The first kappa shape index (κ1) is 14.8. The van der Waals surface area contributed by atoms with Gasteiger partial charge in [-0.15, -0.1) is 0 Å². The summed E-state index contributed by atoms with van der Waals surface area (Å²) in [4.78, 5) is 11.7. The normalized spacial score (nSPS) is 12.0. The zero-order valence-corrected chi connectivity index (χ0v) is 11.9. The Balaban J connectivity index is 2.85. The van der Waals surface area contributed by atoms with Gasteiger partial charge in [0.1, 0.15) is 6.04 Å². The highest BCUT2D eigenvalue weighted by Crippen LogP contribution is 2.26. The Morgan fingerprint density at radius 3 is 2.78 bits per heavy atom. The number of methoxy groups -OCH3 is 1.